The number of hydrazine groups is 1. The summed E-state index contributed by atoms with van der Waals surface area (Å²) in [5, 5.41) is 7.94. The summed E-state index contributed by atoms with van der Waals surface area (Å²) in [5.74, 6) is 6.25. The van der Waals surface area contributed by atoms with Crippen LogP contribution >= 0.6 is 0 Å². The fraction of sp³-hybridized carbons (Fsp3) is 0.429. The second-order valence-electron chi connectivity index (χ2n) is 5.20. The van der Waals surface area contributed by atoms with Crippen molar-refractivity contribution in [3.63, 3.8) is 0 Å². The van der Waals surface area contributed by atoms with Crippen molar-refractivity contribution in [1.29, 1.82) is 0 Å². The molecule has 5 nitrogen and oxygen atoms in total. The molecular weight excluding hydrogens is 238 g/mol. The number of nitrogens with zero attached hydrogens (tertiary/aromatic N) is 3. The Hall–Kier alpha value is -1.72. The molecule has 0 amide bonds. The Morgan fingerprint density at radius 3 is 2.84 bits per heavy atom. The van der Waals surface area contributed by atoms with Crippen molar-refractivity contribution in [2.75, 3.05) is 0 Å². The summed E-state index contributed by atoms with van der Waals surface area (Å²) in [5.41, 5.74) is 6.90. The summed E-state index contributed by atoms with van der Waals surface area (Å²) in [6, 6.07) is 8.77. The minimum Gasteiger partial charge on any atom is -0.271 e. The molecule has 0 bridgehead atoms. The van der Waals surface area contributed by atoms with Gasteiger partial charge in [0.1, 0.15) is 0 Å². The molecule has 2 atom stereocenters. The van der Waals surface area contributed by atoms with Gasteiger partial charge in [-0.1, -0.05) is 29.5 Å². The van der Waals surface area contributed by atoms with E-state index < -0.39 is 0 Å². The number of fused-ring (bicyclic) bond motifs is 1. The number of aryl methyl sites for hydroxylation is 2. The van der Waals surface area contributed by atoms with Crippen molar-refractivity contribution < 1.29 is 0 Å². The van der Waals surface area contributed by atoms with Crippen LogP contribution in [-0.2, 0) is 19.9 Å². The zero-order chi connectivity index (χ0) is 13.2. The average molecular weight is 257 g/mol. The number of nitrogens with two attached hydrogens (primary N) is 1. The molecule has 0 spiro atoms. The van der Waals surface area contributed by atoms with Gasteiger partial charge in [-0.15, -0.1) is 5.10 Å². The summed E-state index contributed by atoms with van der Waals surface area (Å²) in [6.45, 7) is 0. The van der Waals surface area contributed by atoms with Crippen LogP contribution in [0.15, 0.2) is 30.5 Å². The van der Waals surface area contributed by atoms with Crippen LogP contribution < -0.4 is 11.3 Å². The van der Waals surface area contributed by atoms with Gasteiger partial charge in [-0.2, -0.15) is 0 Å². The van der Waals surface area contributed by atoms with Gasteiger partial charge < -0.3 is 0 Å². The highest BCUT2D eigenvalue weighted by Gasteiger charge is 2.28. The lowest BCUT2D eigenvalue weighted by molar-refractivity contribution is 0.316. The molecule has 1 aliphatic rings. The molecule has 0 aliphatic heterocycles. The normalized spacial score (nSPS) is 20.0. The number of benzene rings is 1. The van der Waals surface area contributed by atoms with E-state index in [0.717, 1.165) is 25.0 Å². The summed E-state index contributed by atoms with van der Waals surface area (Å²) in [7, 11) is 1.91. The molecule has 1 heterocycles. The van der Waals surface area contributed by atoms with Crippen molar-refractivity contribution in [3.8, 4) is 0 Å². The minimum absolute atomic E-state index is 0.105. The van der Waals surface area contributed by atoms with Crippen molar-refractivity contribution in [3.05, 3.63) is 47.3 Å². The van der Waals surface area contributed by atoms with Gasteiger partial charge >= 0.3 is 0 Å². The molecule has 1 aromatic carbocycles. The molecule has 2 unspecified atom stereocenters. The van der Waals surface area contributed by atoms with Gasteiger partial charge in [-0.25, -0.2) is 0 Å². The summed E-state index contributed by atoms with van der Waals surface area (Å²) in [4.78, 5) is 0. The third kappa shape index (κ3) is 2.27. The fourth-order valence-electron chi connectivity index (χ4n) is 3.05. The van der Waals surface area contributed by atoms with Gasteiger partial charge in [-0.05, 0) is 36.3 Å². The summed E-state index contributed by atoms with van der Waals surface area (Å²) >= 11 is 0. The molecule has 2 aromatic rings. The van der Waals surface area contributed by atoms with Crippen LogP contribution in [0, 0.1) is 5.92 Å². The largest absolute Gasteiger partial charge is 0.271 e. The molecule has 0 radical (unpaired) electrons. The summed E-state index contributed by atoms with van der Waals surface area (Å²) in [6.07, 6.45) is 5.10. The Morgan fingerprint density at radius 1 is 1.37 bits per heavy atom. The van der Waals surface area contributed by atoms with Crippen LogP contribution in [0.3, 0.4) is 0 Å². The zero-order valence-electron chi connectivity index (χ0n) is 11.1. The summed E-state index contributed by atoms with van der Waals surface area (Å²) < 4.78 is 1.80. The van der Waals surface area contributed by atoms with E-state index in [0.29, 0.717) is 5.92 Å². The van der Waals surface area contributed by atoms with E-state index in [-0.39, 0.29) is 6.04 Å². The topological polar surface area (TPSA) is 68.8 Å². The van der Waals surface area contributed by atoms with Gasteiger partial charge in [0.2, 0.25) is 0 Å². The van der Waals surface area contributed by atoms with Gasteiger partial charge in [-0.3, -0.25) is 16.0 Å². The molecule has 100 valence electrons. The molecule has 3 N–H and O–H groups in total. The maximum Gasteiger partial charge on any atom is 0.0769 e. The van der Waals surface area contributed by atoms with E-state index in [9.17, 15) is 0 Å². The molecule has 1 aliphatic carbocycles. The molecule has 0 saturated carbocycles. The second-order valence-corrected chi connectivity index (χ2v) is 5.20. The highest BCUT2D eigenvalue weighted by atomic mass is 15.4. The van der Waals surface area contributed by atoms with Crippen molar-refractivity contribution in [2.24, 2.45) is 18.8 Å². The third-order valence-corrected chi connectivity index (χ3v) is 4.10. The first kappa shape index (κ1) is 12.3. The van der Waals surface area contributed by atoms with Crippen LogP contribution in [-0.4, -0.2) is 15.0 Å². The molecule has 5 heteroatoms. The van der Waals surface area contributed by atoms with E-state index >= 15 is 0 Å². The molecular formula is C14H19N5. The second kappa shape index (κ2) is 5.11. The highest BCUT2D eigenvalue weighted by molar-refractivity contribution is 5.30. The van der Waals surface area contributed by atoms with Crippen molar-refractivity contribution in [1.82, 2.24) is 20.4 Å². The molecule has 3 rings (SSSR count). The van der Waals surface area contributed by atoms with Crippen molar-refractivity contribution >= 4 is 0 Å². The smallest absolute Gasteiger partial charge is 0.0769 e. The third-order valence-electron chi connectivity index (χ3n) is 4.10. The Balaban J connectivity index is 1.85. The van der Waals surface area contributed by atoms with E-state index in [1.165, 1.54) is 11.1 Å². The number of rotatable bonds is 3. The highest BCUT2D eigenvalue weighted by Crippen LogP contribution is 2.33. The van der Waals surface area contributed by atoms with Crippen LogP contribution in [0.25, 0.3) is 0 Å². The predicted octanol–water partition coefficient (Wildman–Crippen LogP) is 1.12. The molecule has 0 saturated heterocycles. The maximum atomic E-state index is 5.76. The number of aromatic nitrogens is 3. The Kier molecular flexibility index (Phi) is 3.31. The van der Waals surface area contributed by atoms with Gasteiger partial charge in [0.25, 0.3) is 0 Å². The van der Waals surface area contributed by atoms with Crippen molar-refractivity contribution in [2.45, 2.75) is 25.3 Å². The van der Waals surface area contributed by atoms with Crippen LogP contribution in [0.5, 0.6) is 0 Å². The van der Waals surface area contributed by atoms with Gasteiger partial charge in [0.05, 0.1) is 17.9 Å². The average Bonchev–Trinajstić information content (AvgIpc) is 2.86. The lowest BCUT2D eigenvalue weighted by Gasteiger charge is -2.30. The van der Waals surface area contributed by atoms with Gasteiger partial charge in [0.15, 0.2) is 0 Å². The lowest BCUT2D eigenvalue weighted by atomic mass is 9.79. The molecule has 1 aromatic heterocycles. The quantitative estimate of drug-likeness (QED) is 0.639. The van der Waals surface area contributed by atoms with E-state index in [4.69, 9.17) is 5.84 Å². The predicted molar refractivity (Wildman–Crippen MR) is 73.0 cm³/mol. The van der Waals surface area contributed by atoms with E-state index in [1.807, 2.05) is 7.05 Å². The lowest BCUT2D eigenvalue weighted by Crippen LogP contribution is -2.37. The SMILES string of the molecule is Cn1nncc1C(NN)C1CCc2ccccc2C1. The Bertz CT molecular complexity index is 562. The Morgan fingerprint density at radius 2 is 2.16 bits per heavy atom. The first-order valence-corrected chi connectivity index (χ1v) is 6.67. The number of hydrogen-bond donors (Lipinski definition) is 2. The monoisotopic (exact) mass is 257 g/mol. The number of nitrogens with one attached hydrogen (secondary N) is 1. The number of hydrogen-bond acceptors (Lipinski definition) is 4. The van der Waals surface area contributed by atoms with Crippen LogP contribution in [0.1, 0.15) is 29.3 Å². The fourth-order valence-corrected chi connectivity index (χ4v) is 3.05. The molecule has 19 heavy (non-hydrogen) atoms. The zero-order valence-corrected chi connectivity index (χ0v) is 11.1. The van der Waals surface area contributed by atoms with Gasteiger partial charge in [0, 0.05) is 7.05 Å². The van der Waals surface area contributed by atoms with E-state index in [1.54, 1.807) is 10.9 Å². The Labute approximate surface area is 112 Å². The first-order valence-electron chi connectivity index (χ1n) is 6.67. The minimum atomic E-state index is 0.105. The molecule has 0 fully saturated rings. The van der Waals surface area contributed by atoms with Crippen LogP contribution in [0.2, 0.25) is 0 Å². The standard InChI is InChI=1S/C14H19N5/c1-19-13(9-16-18-19)14(17-15)12-7-6-10-4-2-3-5-11(10)8-12/h2-5,9,12,14,17H,6-8,15H2,1H3. The van der Waals surface area contributed by atoms with E-state index in [2.05, 4.69) is 40.0 Å². The first-order chi connectivity index (χ1) is 9.29. The maximum absolute atomic E-state index is 5.76. The van der Waals surface area contributed by atoms with Crippen LogP contribution in [0.4, 0.5) is 0 Å².